The lowest BCUT2D eigenvalue weighted by Crippen LogP contribution is -2.47. The highest BCUT2D eigenvalue weighted by Crippen LogP contribution is 2.28. The van der Waals surface area contributed by atoms with Gasteiger partial charge in [-0.05, 0) is 5.56 Å². The van der Waals surface area contributed by atoms with Crippen LogP contribution < -0.4 is 10.6 Å². The maximum atomic E-state index is 11.9. The van der Waals surface area contributed by atoms with Crippen LogP contribution in [0.5, 0.6) is 0 Å². The van der Waals surface area contributed by atoms with Crippen LogP contribution in [0.2, 0.25) is 0 Å². The molecule has 1 aromatic heterocycles. The quantitative estimate of drug-likeness (QED) is 0.802. The second kappa shape index (κ2) is 7.08. The van der Waals surface area contributed by atoms with Gasteiger partial charge in [0.25, 0.3) is 0 Å². The van der Waals surface area contributed by atoms with Crippen LogP contribution in [0, 0.1) is 0 Å². The van der Waals surface area contributed by atoms with Crippen molar-refractivity contribution in [2.75, 3.05) is 25.1 Å². The minimum Gasteiger partial charge on any atom is -0.388 e. The Balaban J connectivity index is 1.53. The van der Waals surface area contributed by atoms with E-state index in [4.69, 9.17) is 4.74 Å². The highest BCUT2D eigenvalue weighted by molar-refractivity contribution is 7.19. The standard InChI is InChI=1S/C16H19N3O3S/c20-14(18-11-16(21)6-8-22-9-7-16)19-15-17-10-13(23-15)12-4-2-1-3-5-12/h1-5,10,21H,6-9,11H2,(H2,17,18,19,20). The maximum absolute atomic E-state index is 11.9. The van der Waals surface area contributed by atoms with Gasteiger partial charge in [-0.2, -0.15) is 0 Å². The summed E-state index contributed by atoms with van der Waals surface area (Å²) in [5.41, 5.74) is 0.184. The van der Waals surface area contributed by atoms with Gasteiger partial charge in [-0.1, -0.05) is 41.7 Å². The molecule has 1 fully saturated rings. The zero-order chi connectivity index (χ0) is 16.1. The summed E-state index contributed by atoms with van der Waals surface area (Å²) in [5, 5.41) is 16.2. The van der Waals surface area contributed by atoms with Crippen LogP contribution in [0.15, 0.2) is 36.5 Å². The molecule has 1 aromatic carbocycles. The molecule has 23 heavy (non-hydrogen) atoms. The number of aliphatic hydroxyl groups is 1. The number of benzene rings is 1. The van der Waals surface area contributed by atoms with Crippen molar-refractivity contribution >= 4 is 22.5 Å². The molecule has 6 nitrogen and oxygen atoms in total. The third kappa shape index (κ3) is 4.28. The Morgan fingerprint density at radius 3 is 2.78 bits per heavy atom. The molecule has 2 aromatic rings. The number of urea groups is 1. The van der Waals surface area contributed by atoms with E-state index in [9.17, 15) is 9.90 Å². The monoisotopic (exact) mass is 333 g/mol. The topological polar surface area (TPSA) is 83.5 Å². The molecule has 1 aliphatic heterocycles. The number of aromatic nitrogens is 1. The average molecular weight is 333 g/mol. The number of anilines is 1. The number of rotatable bonds is 4. The Hall–Kier alpha value is -1.96. The molecular formula is C16H19N3O3S. The number of nitrogens with one attached hydrogen (secondary N) is 2. The summed E-state index contributed by atoms with van der Waals surface area (Å²) in [5.74, 6) is 0. The van der Waals surface area contributed by atoms with Crippen molar-refractivity contribution in [1.29, 1.82) is 0 Å². The van der Waals surface area contributed by atoms with Gasteiger partial charge in [0.15, 0.2) is 5.13 Å². The Morgan fingerprint density at radius 2 is 2.04 bits per heavy atom. The van der Waals surface area contributed by atoms with Crippen LogP contribution in [0.3, 0.4) is 0 Å². The van der Waals surface area contributed by atoms with Gasteiger partial charge >= 0.3 is 6.03 Å². The van der Waals surface area contributed by atoms with Crippen LogP contribution >= 0.6 is 11.3 Å². The highest BCUT2D eigenvalue weighted by Gasteiger charge is 2.30. The second-order valence-corrected chi connectivity index (χ2v) is 6.57. The third-order valence-corrected chi connectivity index (χ3v) is 4.75. The number of carbonyl (C=O) groups excluding carboxylic acids is 1. The van der Waals surface area contributed by atoms with Crippen molar-refractivity contribution < 1.29 is 14.6 Å². The van der Waals surface area contributed by atoms with Crippen molar-refractivity contribution in [1.82, 2.24) is 10.3 Å². The van der Waals surface area contributed by atoms with E-state index in [0.29, 0.717) is 31.2 Å². The Bertz CT molecular complexity index is 654. The molecule has 1 saturated heterocycles. The molecular weight excluding hydrogens is 314 g/mol. The number of carbonyl (C=O) groups is 1. The van der Waals surface area contributed by atoms with Gasteiger partial charge < -0.3 is 15.2 Å². The summed E-state index contributed by atoms with van der Waals surface area (Å²) >= 11 is 1.41. The number of thiazole rings is 1. The lowest BCUT2D eigenvalue weighted by molar-refractivity contribution is -0.0598. The minimum atomic E-state index is -0.881. The molecule has 0 unspecified atom stereocenters. The molecule has 0 aliphatic carbocycles. The average Bonchev–Trinajstić information content (AvgIpc) is 3.03. The molecule has 122 valence electrons. The van der Waals surface area contributed by atoms with Crippen LogP contribution in [-0.4, -0.2) is 41.5 Å². The van der Waals surface area contributed by atoms with Crippen molar-refractivity contribution in [2.45, 2.75) is 18.4 Å². The zero-order valence-corrected chi connectivity index (χ0v) is 13.4. The maximum Gasteiger partial charge on any atom is 0.321 e. The second-order valence-electron chi connectivity index (χ2n) is 5.54. The number of hydrogen-bond donors (Lipinski definition) is 3. The number of amides is 2. The molecule has 3 rings (SSSR count). The lowest BCUT2D eigenvalue weighted by Gasteiger charge is -2.31. The fraction of sp³-hybridized carbons (Fsp3) is 0.375. The summed E-state index contributed by atoms with van der Waals surface area (Å²) in [4.78, 5) is 17.1. The van der Waals surface area contributed by atoms with Gasteiger partial charge in [0, 0.05) is 38.8 Å². The molecule has 7 heteroatoms. The van der Waals surface area contributed by atoms with Gasteiger partial charge in [-0.15, -0.1) is 0 Å². The molecule has 3 N–H and O–H groups in total. The summed E-state index contributed by atoms with van der Waals surface area (Å²) in [6.07, 6.45) is 2.80. The summed E-state index contributed by atoms with van der Waals surface area (Å²) in [6.45, 7) is 1.25. The van der Waals surface area contributed by atoms with Gasteiger partial charge in [0.1, 0.15) is 0 Å². The minimum absolute atomic E-state index is 0.207. The summed E-state index contributed by atoms with van der Waals surface area (Å²) in [6, 6.07) is 9.51. The lowest BCUT2D eigenvalue weighted by atomic mass is 9.94. The molecule has 0 atom stereocenters. The largest absolute Gasteiger partial charge is 0.388 e. The predicted molar refractivity (Wildman–Crippen MR) is 89.6 cm³/mol. The van der Waals surface area contributed by atoms with Crippen molar-refractivity contribution in [3.05, 3.63) is 36.5 Å². The van der Waals surface area contributed by atoms with E-state index in [1.807, 2.05) is 30.3 Å². The van der Waals surface area contributed by atoms with Crippen LogP contribution in [-0.2, 0) is 4.74 Å². The van der Waals surface area contributed by atoms with Gasteiger partial charge in [-0.3, -0.25) is 5.32 Å². The molecule has 0 saturated carbocycles. The molecule has 2 amide bonds. The first-order valence-electron chi connectivity index (χ1n) is 7.51. The van der Waals surface area contributed by atoms with Crippen molar-refractivity contribution in [3.8, 4) is 10.4 Å². The fourth-order valence-electron chi connectivity index (χ4n) is 2.38. The Kier molecular flexibility index (Phi) is 4.90. The van der Waals surface area contributed by atoms with Crippen molar-refractivity contribution in [2.24, 2.45) is 0 Å². The molecule has 0 radical (unpaired) electrons. The molecule has 0 spiro atoms. The van der Waals surface area contributed by atoms with Crippen LogP contribution in [0.25, 0.3) is 10.4 Å². The Morgan fingerprint density at radius 1 is 1.30 bits per heavy atom. The van der Waals surface area contributed by atoms with Crippen molar-refractivity contribution in [3.63, 3.8) is 0 Å². The first-order chi connectivity index (χ1) is 11.1. The zero-order valence-electron chi connectivity index (χ0n) is 12.6. The van der Waals surface area contributed by atoms with E-state index in [0.717, 1.165) is 10.4 Å². The van der Waals surface area contributed by atoms with E-state index < -0.39 is 5.60 Å². The van der Waals surface area contributed by atoms with E-state index in [1.54, 1.807) is 6.20 Å². The highest BCUT2D eigenvalue weighted by atomic mass is 32.1. The number of ether oxygens (including phenoxy) is 1. The molecule has 2 heterocycles. The first-order valence-corrected chi connectivity index (χ1v) is 8.33. The van der Waals surface area contributed by atoms with Gasteiger partial charge in [-0.25, -0.2) is 9.78 Å². The Labute approximate surface area is 138 Å². The smallest absolute Gasteiger partial charge is 0.321 e. The molecule has 0 bridgehead atoms. The first kappa shape index (κ1) is 15.9. The van der Waals surface area contributed by atoms with E-state index in [-0.39, 0.29) is 12.6 Å². The SMILES string of the molecule is O=C(NCC1(O)CCOCC1)Nc1ncc(-c2ccccc2)s1. The van der Waals surface area contributed by atoms with E-state index >= 15 is 0 Å². The third-order valence-electron chi connectivity index (χ3n) is 3.79. The van der Waals surface area contributed by atoms with E-state index in [2.05, 4.69) is 15.6 Å². The normalized spacial score (nSPS) is 16.7. The van der Waals surface area contributed by atoms with Gasteiger partial charge in [0.05, 0.1) is 10.5 Å². The van der Waals surface area contributed by atoms with E-state index in [1.165, 1.54) is 11.3 Å². The van der Waals surface area contributed by atoms with Crippen LogP contribution in [0.1, 0.15) is 12.8 Å². The number of hydrogen-bond acceptors (Lipinski definition) is 5. The predicted octanol–water partition coefficient (Wildman–Crippen LogP) is 2.47. The summed E-state index contributed by atoms with van der Waals surface area (Å²) < 4.78 is 5.22. The fourth-order valence-corrected chi connectivity index (χ4v) is 3.20. The summed E-state index contributed by atoms with van der Waals surface area (Å²) in [7, 11) is 0. The number of nitrogens with zero attached hydrogens (tertiary/aromatic N) is 1. The van der Waals surface area contributed by atoms with Gasteiger partial charge in [0.2, 0.25) is 0 Å². The van der Waals surface area contributed by atoms with Crippen LogP contribution in [0.4, 0.5) is 9.93 Å². The molecule has 1 aliphatic rings.